The van der Waals surface area contributed by atoms with E-state index in [0.717, 1.165) is 6.20 Å². The van der Waals surface area contributed by atoms with Crippen molar-refractivity contribution in [1.29, 1.82) is 0 Å². The third kappa shape index (κ3) is 2.88. The number of fused-ring (bicyclic) bond motifs is 1. The van der Waals surface area contributed by atoms with Gasteiger partial charge in [-0.3, -0.25) is 9.48 Å². The highest BCUT2D eigenvalue weighted by molar-refractivity contribution is 5.92. The highest BCUT2D eigenvalue weighted by Gasteiger charge is 2.18. The lowest BCUT2D eigenvalue weighted by atomic mass is 10.1. The summed E-state index contributed by atoms with van der Waals surface area (Å²) in [5.41, 5.74) is -1.30. The highest BCUT2D eigenvalue weighted by Crippen LogP contribution is 2.17. The van der Waals surface area contributed by atoms with Crippen molar-refractivity contribution in [2.45, 2.75) is 19.2 Å². The molecule has 3 aromatic rings. The molecular weight excluding hydrogens is 319 g/mol. The van der Waals surface area contributed by atoms with Crippen molar-refractivity contribution >= 4 is 16.9 Å². The minimum atomic E-state index is -1.41. The zero-order valence-electron chi connectivity index (χ0n) is 12.3. The molecule has 3 rings (SSSR count). The fourth-order valence-electron chi connectivity index (χ4n) is 2.54. The van der Waals surface area contributed by atoms with E-state index in [2.05, 4.69) is 10.1 Å². The number of carbonyl (C=O) groups is 1. The normalized spacial score (nSPS) is 12.4. The third-order valence-electron chi connectivity index (χ3n) is 3.55. The maximum atomic E-state index is 14.2. The summed E-state index contributed by atoms with van der Waals surface area (Å²) >= 11 is 0. The van der Waals surface area contributed by atoms with E-state index in [4.69, 9.17) is 5.11 Å². The Morgan fingerprint density at radius 1 is 1.33 bits per heavy atom. The van der Waals surface area contributed by atoms with Crippen LogP contribution in [0.5, 0.6) is 0 Å². The molecule has 0 aliphatic heterocycles. The molecule has 8 nitrogen and oxygen atoms in total. The third-order valence-corrected chi connectivity index (χ3v) is 3.55. The monoisotopic (exact) mass is 332 g/mol. The van der Waals surface area contributed by atoms with Crippen LogP contribution in [-0.2, 0) is 13.1 Å². The fourth-order valence-corrected chi connectivity index (χ4v) is 2.54. The summed E-state index contributed by atoms with van der Waals surface area (Å²) in [6.07, 6.45) is 2.78. The number of hydrogen-bond donors (Lipinski definition) is 2. The molecule has 0 fully saturated rings. The van der Waals surface area contributed by atoms with Crippen molar-refractivity contribution in [3.05, 3.63) is 58.7 Å². The molecule has 1 atom stereocenters. The second-order valence-corrected chi connectivity index (χ2v) is 5.24. The topological polar surface area (TPSA) is 110 Å². The van der Waals surface area contributed by atoms with Gasteiger partial charge in [0, 0.05) is 11.6 Å². The lowest BCUT2D eigenvalue weighted by Crippen LogP contribution is -2.26. The van der Waals surface area contributed by atoms with Crippen molar-refractivity contribution < 1.29 is 19.4 Å². The number of hydrogen-bond acceptors (Lipinski definition) is 5. The molecule has 1 unspecified atom stereocenters. The first-order chi connectivity index (χ1) is 11.5. The van der Waals surface area contributed by atoms with E-state index in [0.29, 0.717) is 0 Å². The molecule has 0 spiro atoms. The quantitative estimate of drug-likeness (QED) is 0.704. The summed E-state index contributed by atoms with van der Waals surface area (Å²) in [7, 11) is 0. The van der Waals surface area contributed by atoms with Gasteiger partial charge in [-0.15, -0.1) is 0 Å². The Labute approximate surface area is 134 Å². The van der Waals surface area contributed by atoms with Crippen LogP contribution in [0.2, 0.25) is 0 Å². The number of nitrogens with zero attached hydrogens (tertiary/aromatic N) is 4. The average Bonchev–Trinajstić information content (AvgIpc) is 3.02. The van der Waals surface area contributed by atoms with E-state index in [1.165, 1.54) is 40.1 Å². The number of aliphatic hydroxyl groups excluding tert-OH is 1. The summed E-state index contributed by atoms with van der Waals surface area (Å²) in [5.74, 6) is -2.08. The minimum absolute atomic E-state index is 0.0508. The number of halogens is 1. The summed E-state index contributed by atoms with van der Waals surface area (Å²) in [6, 6.07) is 3.86. The van der Waals surface area contributed by atoms with Gasteiger partial charge in [-0.2, -0.15) is 5.10 Å². The number of aliphatic hydroxyl groups is 1. The number of para-hydroxylation sites is 1. The number of rotatable bonds is 5. The van der Waals surface area contributed by atoms with E-state index in [1.54, 1.807) is 0 Å². The van der Waals surface area contributed by atoms with Gasteiger partial charge in [-0.25, -0.2) is 14.2 Å². The molecule has 0 aliphatic rings. The van der Waals surface area contributed by atoms with Crippen molar-refractivity contribution in [1.82, 2.24) is 19.3 Å². The SMILES string of the molecule is O=C(O)c1cn(CC(O)Cn2cncn2)c2c(F)cccc2c1=O. The summed E-state index contributed by atoms with van der Waals surface area (Å²) in [6.45, 7) is -0.0255. The van der Waals surface area contributed by atoms with Crippen LogP contribution in [0.4, 0.5) is 4.39 Å². The molecule has 0 aliphatic carbocycles. The second kappa shape index (κ2) is 6.20. The van der Waals surface area contributed by atoms with E-state index in [-0.39, 0.29) is 24.0 Å². The Morgan fingerprint density at radius 3 is 2.79 bits per heavy atom. The van der Waals surface area contributed by atoms with Crippen molar-refractivity contribution in [2.75, 3.05) is 0 Å². The molecule has 2 heterocycles. The first-order valence-corrected chi connectivity index (χ1v) is 7.03. The van der Waals surface area contributed by atoms with Gasteiger partial charge in [0.1, 0.15) is 24.0 Å². The van der Waals surface area contributed by atoms with Gasteiger partial charge in [0.25, 0.3) is 0 Å². The van der Waals surface area contributed by atoms with Crippen molar-refractivity contribution in [3.63, 3.8) is 0 Å². The standard InChI is InChI=1S/C15H13FN4O4/c16-12-3-1-2-10-13(12)19(6-11(14(10)22)15(23)24)4-9(21)5-20-8-17-7-18-20/h1-3,6-9,21H,4-5H2,(H,23,24). The Hall–Kier alpha value is -3.07. The van der Waals surface area contributed by atoms with Crippen LogP contribution in [0.1, 0.15) is 10.4 Å². The minimum Gasteiger partial charge on any atom is -0.477 e. The summed E-state index contributed by atoms with van der Waals surface area (Å²) in [4.78, 5) is 27.2. The molecule has 9 heteroatoms. The molecule has 0 amide bonds. The predicted molar refractivity (Wildman–Crippen MR) is 81.2 cm³/mol. The van der Waals surface area contributed by atoms with E-state index in [9.17, 15) is 19.1 Å². The van der Waals surface area contributed by atoms with Crippen LogP contribution in [-0.4, -0.2) is 41.6 Å². The van der Waals surface area contributed by atoms with Gasteiger partial charge in [-0.1, -0.05) is 6.07 Å². The van der Waals surface area contributed by atoms with Crippen LogP contribution < -0.4 is 5.43 Å². The van der Waals surface area contributed by atoms with Crippen LogP contribution in [0.25, 0.3) is 10.9 Å². The van der Waals surface area contributed by atoms with Gasteiger partial charge < -0.3 is 14.8 Å². The number of aromatic carboxylic acids is 1. The second-order valence-electron chi connectivity index (χ2n) is 5.24. The molecular formula is C15H13FN4O4. The molecule has 0 saturated carbocycles. The molecule has 1 aromatic carbocycles. The molecule has 124 valence electrons. The van der Waals surface area contributed by atoms with Crippen molar-refractivity contribution in [3.8, 4) is 0 Å². The number of pyridine rings is 1. The zero-order valence-corrected chi connectivity index (χ0v) is 12.3. The summed E-state index contributed by atoms with van der Waals surface area (Å²) in [5, 5.41) is 23.1. The van der Waals surface area contributed by atoms with Gasteiger partial charge in [0.15, 0.2) is 0 Å². The smallest absolute Gasteiger partial charge is 0.341 e. The number of carboxylic acid groups (broad SMARTS) is 1. The Balaban J connectivity index is 2.07. The van der Waals surface area contributed by atoms with Crippen LogP contribution in [0.15, 0.2) is 41.8 Å². The lowest BCUT2D eigenvalue weighted by Gasteiger charge is -2.16. The molecule has 24 heavy (non-hydrogen) atoms. The Morgan fingerprint density at radius 2 is 2.12 bits per heavy atom. The van der Waals surface area contributed by atoms with E-state index >= 15 is 0 Å². The molecule has 0 bridgehead atoms. The van der Waals surface area contributed by atoms with Crippen LogP contribution in [0.3, 0.4) is 0 Å². The molecule has 2 aromatic heterocycles. The first-order valence-electron chi connectivity index (χ1n) is 7.03. The fraction of sp³-hybridized carbons (Fsp3) is 0.200. The Kier molecular flexibility index (Phi) is 4.09. The van der Waals surface area contributed by atoms with Gasteiger partial charge in [0.05, 0.1) is 24.7 Å². The summed E-state index contributed by atoms with van der Waals surface area (Å²) < 4.78 is 16.8. The molecule has 0 saturated heterocycles. The average molecular weight is 332 g/mol. The first kappa shape index (κ1) is 15.8. The zero-order chi connectivity index (χ0) is 17.3. The van der Waals surface area contributed by atoms with E-state index < -0.39 is 28.9 Å². The number of carboxylic acids is 1. The van der Waals surface area contributed by atoms with Crippen LogP contribution >= 0.6 is 0 Å². The Bertz CT molecular complexity index is 952. The molecule has 0 radical (unpaired) electrons. The van der Waals surface area contributed by atoms with Crippen LogP contribution in [0, 0.1) is 5.82 Å². The largest absolute Gasteiger partial charge is 0.477 e. The number of benzene rings is 1. The lowest BCUT2D eigenvalue weighted by molar-refractivity contribution is 0.0693. The molecule has 2 N–H and O–H groups in total. The predicted octanol–water partition coefficient (Wildman–Crippen LogP) is 0.491. The van der Waals surface area contributed by atoms with Gasteiger partial charge >= 0.3 is 5.97 Å². The van der Waals surface area contributed by atoms with E-state index in [1.807, 2.05) is 0 Å². The maximum absolute atomic E-state index is 14.2. The number of aromatic nitrogens is 4. The van der Waals surface area contributed by atoms with Gasteiger partial charge in [0.2, 0.25) is 5.43 Å². The highest BCUT2D eigenvalue weighted by atomic mass is 19.1. The maximum Gasteiger partial charge on any atom is 0.341 e. The van der Waals surface area contributed by atoms with Gasteiger partial charge in [-0.05, 0) is 12.1 Å². The van der Waals surface area contributed by atoms with Crippen molar-refractivity contribution in [2.24, 2.45) is 0 Å².